The number of nitrogens with two attached hydrogens (primary N) is 1. The molecule has 0 atom stereocenters. The predicted octanol–water partition coefficient (Wildman–Crippen LogP) is 4.99. The number of anilines is 5. The zero-order valence-corrected chi connectivity index (χ0v) is 15.3. The highest BCUT2D eigenvalue weighted by molar-refractivity contribution is 5.94. The van der Waals surface area contributed by atoms with Crippen molar-refractivity contribution in [3.63, 3.8) is 0 Å². The number of nitrogens with zero attached hydrogens (tertiary/aromatic N) is 3. The van der Waals surface area contributed by atoms with Gasteiger partial charge in [-0.25, -0.2) is 9.97 Å². The van der Waals surface area contributed by atoms with E-state index < -0.39 is 6.36 Å². The molecule has 4 rings (SSSR count). The van der Waals surface area contributed by atoms with E-state index in [1.807, 2.05) is 30.3 Å². The Hall–Kier alpha value is -4.08. The van der Waals surface area contributed by atoms with Crippen LogP contribution in [0.5, 0.6) is 5.75 Å². The maximum atomic E-state index is 12.3. The normalized spacial score (nSPS) is 11.3. The van der Waals surface area contributed by atoms with Crippen molar-refractivity contribution in [1.82, 2.24) is 15.0 Å². The first-order chi connectivity index (χ1) is 14.4. The van der Waals surface area contributed by atoms with E-state index in [0.717, 1.165) is 16.6 Å². The van der Waals surface area contributed by atoms with Crippen LogP contribution in [-0.2, 0) is 0 Å². The number of benzene rings is 2. The zero-order valence-electron chi connectivity index (χ0n) is 15.3. The summed E-state index contributed by atoms with van der Waals surface area (Å²) in [5.74, 6) is 0.354. The lowest BCUT2D eigenvalue weighted by atomic mass is 10.2. The lowest BCUT2D eigenvalue weighted by molar-refractivity contribution is -0.274. The van der Waals surface area contributed by atoms with Gasteiger partial charge in [0.1, 0.15) is 17.8 Å². The van der Waals surface area contributed by atoms with E-state index in [1.165, 1.54) is 30.6 Å². The third-order valence-corrected chi connectivity index (χ3v) is 4.13. The lowest BCUT2D eigenvalue weighted by Gasteiger charge is -2.14. The number of rotatable bonds is 5. The summed E-state index contributed by atoms with van der Waals surface area (Å²) in [5.41, 5.74) is 8.51. The van der Waals surface area contributed by atoms with Gasteiger partial charge in [0.15, 0.2) is 11.6 Å². The third kappa shape index (κ3) is 4.32. The summed E-state index contributed by atoms with van der Waals surface area (Å²) in [6, 6.07) is 14.6. The largest absolute Gasteiger partial charge is 0.573 e. The molecule has 0 unspecified atom stereocenters. The Labute approximate surface area is 168 Å². The summed E-state index contributed by atoms with van der Waals surface area (Å²) in [5, 5.41) is 7.03. The van der Waals surface area contributed by atoms with Gasteiger partial charge in [0.25, 0.3) is 0 Å². The van der Waals surface area contributed by atoms with Gasteiger partial charge in [-0.1, -0.05) is 6.07 Å². The second-order valence-corrected chi connectivity index (χ2v) is 6.18. The molecule has 0 fully saturated rings. The first-order valence-electron chi connectivity index (χ1n) is 8.73. The zero-order chi connectivity index (χ0) is 21.1. The summed E-state index contributed by atoms with van der Waals surface area (Å²) >= 11 is 0. The van der Waals surface area contributed by atoms with Crippen LogP contribution in [0.25, 0.3) is 10.9 Å². The summed E-state index contributed by atoms with van der Waals surface area (Å²) in [6.45, 7) is 0. The molecule has 0 saturated carbocycles. The van der Waals surface area contributed by atoms with Gasteiger partial charge < -0.3 is 21.1 Å². The van der Waals surface area contributed by atoms with E-state index >= 15 is 0 Å². The van der Waals surface area contributed by atoms with Crippen LogP contribution in [0.1, 0.15) is 0 Å². The van der Waals surface area contributed by atoms with Crippen LogP contribution in [0.3, 0.4) is 0 Å². The monoisotopic (exact) mass is 412 g/mol. The number of halogens is 3. The molecular weight excluding hydrogens is 397 g/mol. The van der Waals surface area contributed by atoms with Crippen molar-refractivity contribution in [2.45, 2.75) is 6.36 Å². The molecule has 0 amide bonds. The SMILES string of the molecule is Nc1c(Nc2ccc(OC(F)(F)F)cc2)ncnc1Nc1cccc2ncccc12. The molecule has 0 aliphatic rings. The van der Waals surface area contributed by atoms with Gasteiger partial charge in [-0.15, -0.1) is 13.2 Å². The molecule has 0 aliphatic heterocycles. The second-order valence-electron chi connectivity index (χ2n) is 6.18. The molecule has 152 valence electrons. The van der Waals surface area contributed by atoms with Crippen LogP contribution in [-0.4, -0.2) is 21.3 Å². The molecule has 0 aliphatic carbocycles. The fourth-order valence-electron chi connectivity index (χ4n) is 2.81. The molecule has 4 N–H and O–H groups in total. The molecule has 7 nitrogen and oxygen atoms in total. The van der Waals surface area contributed by atoms with Crippen molar-refractivity contribution in [3.8, 4) is 5.75 Å². The van der Waals surface area contributed by atoms with Gasteiger partial charge in [0.2, 0.25) is 0 Å². The van der Waals surface area contributed by atoms with Crippen molar-refractivity contribution in [1.29, 1.82) is 0 Å². The minimum atomic E-state index is -4.75. The molecule has 2 heterocycles. The number of hydrogen-bond acceptors (Lipinski definition) is 7. The lowest BCUT2D eigenvalue weighted by Crippen LogP contribution is -2.17. The molecule has 10 heteroatoms. The van der Waals surface area contributed by atoms with Crippen LogP contribution in [0.4, 0.5) is 41.9 Å². The Morgan fingerprint density at radius 2 is 1.57 bits per heavy atom. The first-order valence-corrected chi connectivity index (χ1v) is 8.73. The molecule has 0 spiro atoms. The van der Waals surface area contributed by atoms with Crippen molar-refractivity contribution < 1.29 is 17.9 Å². The van der Waals surface area contributed by atoms with Crippen LogP contribution >= 0.6 is 0 Å². The highest BCUT2D eigenvalue weighted by Gasteiger charge is 2.30. The Morgan fingerprint density at radius 1 is 0.833 bits per heavy atom. The van der Waals surface area contributed by atoms with Gasteiger partial charge in [-0.05, 0) is 48.5 Å². The van der Waals surface area contributed by atoms with Gasteiger partial charge in [-0.3, -0.25) is 4.98 Å². The number of fused-ring (bicyclic) bond motifs is 1. The molecule has 0 saturated heterocycles. The Balaban J connectivity index is 1.56. The quantitative estimate of drug-likeness (QED) is 0.425. The predicted molar refractivity (Wildman–Crippen MR) is 108 cm³/mol. The average Bonchev–Trinajstić information content (AvgIpc) is 2.71. The third-order valence-electron chi connectivity index (χ3n) is 4.13. The highest BCUT2D eigenvalue weighted by Crippen LogP contribution is 2.31. The van der Waals surface area contributed by atoms with Gasteiger partial charge >= 0.3 is 6.36 Å². The number of hydrogen-bond donors (Lipinski definition) is 3. The van der Waals surface area contributed by atoms with Gasteiger partial charge in [-0.2, -0.15) is 0 Å². The van der Waals surface area contributed by atoms with Crippen LogP contribution < -0.4 is 21.1 Å². The minimum absolute atomic E-state index is 0.244. The van der Waals surface area contributed by atoms with E-state index in [9.17, 15) is 13.2 Å². The smallest absolute Gasteiger partial charge is 0.406 e. The fraction of sp³-hybridized carbons (Fsp3) is 0.0500. The van der Waals surface area contributed by atoms with E-state index in [2.05, 4.69) is 30.3 Å². The summed E-state index contributed by atoms with van der Waals surface area (Å²) in [4.78, 5) is 12.6. The highest BCUT2D eigenvalue weighted by atomic mass is 19.4. The average molecular weight is 412 g/mol. The van der Waals surface area contributed by atoms with Crippen molar-refractivity contribution in [2.24, 2.45) is 0 Å². The number of alkyl halides is 3. The molecule has 2 aromatic heterocycles. The van der Waals surface area contributed by atoms with Gasteiger partial charge in [0.05, 0.1) is 5.52 Å². The van der Waals surface area contributed by atoms with Crippen LogP contribution in [0, 0.1) is 0 Å². The Morgan fingerprint density at radius 3 is 2.30 bits per heavy atom. The van der Waals surface area contributed by atoms with E-state index in [4.69, 9.17) is 5.73 Å². The maximum absolute atomic E-state index is 12.3. The van der Waals surface area contributed by atoms with Crippen molar-refractivity contribution >= 4 is 39.6 Å². The molecular formula is C20H15F3N6O. The van der Waals surface area contributed by atoms with E-state index in [0.29, 0.717) is 17.3 Å². The first kappa shape index (κ1) is 19.2. The second kappa shape index (κ2) is 7.74. The van der Waals surface area contributed by atoms with Crippen LogP contribution in [0.15, 0.2) is 67.1 Å². The van der Waals surface area contributed by atoms with Crippen molar-refractivity contribution in [2.75, 3.05) is 16.4 Å². The molecule has 0 radical (unpaired) electrons. The van der Waals surface area contributed by atoms with Crippen molar-refractivity contribution in [3.05, 3.63) is 67.1 Å². The molecule has 2 aromatic carbocycles. The topological polar surface area (TPSA) is 98.0 Å². The Bertz CT molecular complexity index is 1180. The number of ether oxygens (including phenoxy) is 1. The number of nitrogen functional groups attached to an aromatic ring is 1. The van der Waals surface area contributed by atoms with E-state index in [-0.39, 0.29) is 11.4 Å². The Kier molecular flexibility index (Phi) is 4.97. The fourth-order valence-corrected chi connectivity index (χ4v) is 2.81. The maximum Gasteiger partial charge on any atom is 0.573 e. The molecule has 4 aromatic rings. The summed E-state index contributed by atoms with van der Waals surface area (Å²) in [7, 11) is 0. The summed E-state index contributed by atoms with van der Waals surface area (Å²) in [6.07, 6.45) is -1.71. The summed E-state index contributed by atoms with van der Waals surface area (Å²) < 4.78 is 40.7. The number of nitrogens with one attached hydrogen (secondary N) is 2. The molecule has 0 bridgehead atoms. The van der Waals surface area contributed by atoms with Gasteiger partial charge in [0, 0.05) is 23.0 Å². The number of pyridine rings is 1. The van der Waals surface area contributed by atoms with E-state index in [1.54, 1.807) is 6.20 Å². The number of aromatic nitrogens is 3. The molecule has 30 heavy (non-hydrogen) atoms. The standard InChI is InChI=1S/C20H15F3N6O/c21-20(22,23)30-13-8-6-12(7-9-13)28-18-17(24)19(27-11-26-18)29-16-5-1-4-15-14(16)3-2-10-25-15/h1-11H,24H2,(H2,26,27,28,29). The van der Waals surface area contributed by atoms with Crippen LogP contribution in [0.2, 0.25) is 0 Å². The minimum Gasteiger partial charge on any atom is -0.406 e.